The standard InChI is InChI=1S/C6H7NO3S3/c1-2-10-4(8)3-7-5(9)12-13-6(7)11/h2-3H2,1H3. The predicted molar refractivity (Wildman–Crippen MR) is 53.9 cm³/mol. The number of aromatic nitrogens is 1. The second-order valence-electron chi connectivity index (χ2n) is 2.09. The van der Waals surface area contributed by atoms with Crippen molar-refractivity contribution in [2.45, 2.75) is 13.5 Å². The zero-order valence-corrected chi connectivity index (χ0v) is 9.26. The van der Waals surface area contributed by atoms with Crippen LogP contribution >= 0.6 is 32.9 Å². The van der Waals surface area contributed by atoms with Gasteiger partial charge in [0.2, 0.25) is 0 Å². The average Bonchev–Trinajstić information content (AvgIpc) is 2.36. The van der Waals surface area contributed by atoms with Gasteiger partial charge in [-0.05, 0) is 39.8 Å². The van der Waals surface area contributed by atoms with Gasteiger partial charge >= 0.3 is 10.8 Å². The van der Waals surface area contributed by atoms with Crippen molar-refractivity contribution in [3.8, 4) is 0 Å². The number of rotatable bonds is 3. The van der Waals surface area contributed by atoms with Gasteiger partial charge in [0.25, 0.3) is 0 Å². The molecule has 0 N–H and O–H groups in total. The monoisotopic (exact) mass is 237 g/mol. The van der Waals surface area contributed by atoms with Crippen molar-refractivity contribution in [3.05, 3.63) is 13.6 Å². The van der Waals surface area contributed by atoms with Gasteiger partial charge in [-0.3, -0.25) is 14.2 Å². The Bertz CT molecular complexity index is 374. The van der Waals surface area contributed by atoms with Crippen molar-refractivity contribution in [2.75, 3.05) is 6.61 Å². The molecule has 1 aromatic heterocycles. The molecule has 0 saturated carbocycles. The van der Waals surface area contributed by atoms with E-state index >= 15 is 0 Å². The first kappa shape index (κ1) is 10.6. The summed E-state index contributed by atoms with van der Waals surface area (Å²) in [5.41, 5.74) is 0. The Kier molecular flexibility index (Phi) is 3.76. The van der Waals surface area contributed by atoms with Crippen LogP contribution in [0.4, 0.5) is 0 Å². The molecule has 0 atom stereocenters. The highest BCUT2D eigenvalue weighted by atomic mass is 32.9. The van der Waals surface area contributed by atoms with E-state index in [4.69, 9.17) is 12.2 Å². The maximum absolute atomic E-state index is 11.1. The minimum atomic E-state index is -0.429. The van der Waals surface area contributed by atoms with E-state index in [1.807, 2.05) is 0 Å². The lowest BCUT2D eigenvalue weighted by molar-refractivity contribution is -0.143. The number of hydrogen-bond acceptors (Lipinski definition) is 6. The van der Waals surface area contributed by atoms with Crippen LogP contribution in [0.15, 0.2) is 4.79 Å². The summed E-state index contributed by atoms with van der Waals surface area (Å²) < 4.78 is 6.35. The van der Waals surface area contributed by atoms with Crippen LogP contribution in [0.25, 0.3) is 0 Å². The second kappa shape index (κ2) is 4.64. The average molecular weight is 237 g/mol. The fraction of sp³-hybridized carbons (Fsp3) is 0.500. The molecule has 0 aromatic carbocycles. The predicted octanol–water partition coefficient (Wildman–Crippen LogP) is 1.26. The third-order valence-electron chi connectivity index (χ3n) is 1.22. The Morgan fingerprint density at radius 2 is 2.31 bits per heavy atom. The van der Waals surface area contributed by atoms with E-state index in [-0.39, 0.29) is 11.4 Å². The lowest BCUT2D eigenvalue weighted by atomic mass is 10.6. The van der Waals surface area contributed by atoms with Gasteiger partial charge in [-0.1, -0.05) is 0 Å². The number of carbonyl (C=O) groups is 1. The number of esters is 1. The zero-order valence-electron chi connectivity index (χ0n) is 6.81. The molecule has 0 amide bonds. The first-order valence-corrected chi connectivity index (χ1v) is 6.06. The van der Waals surface area contributed by atoms with Gasteiger partial charge < -0.3 is 4.74 Å². The van der Waals surface area contributed by atoms with Crippen molar-refractivity contribution in [3.63, 3.8) is 0 Å². The fourth-order valence-electron chi connectivity index (χ4n) is 0.701. The Labute approximate surface area is 86.8 Å². The van der Waals surface area contributed by atoms with Crippen molar-refractivity contribution in [1.82, 2.24) is 4.57 Å². The van der Waals surface area contributed by atoms with Crippen molar-refractivity contribution in [1.29, 1.82) is 0 Å². The molecule has 1 rings (SSSR count). The molecule has 0 saturated heterocycles. The van der Waals surface area contributed by atoms with Crippen LogP contribution in [0.1, 0.15) is 6.92 Å². The molecule has 1 aromatic rings. The van der Waals surface area contributed by atoms with Gasteiger partial charge in [0, 0.05) is 0 Å². The Balaban J connectivity index is 2.80. The van der Waals surface area contributed by atoms with Crippen LogP contribution in [-0.4, -0.2) is 17.1 Å². The van der Waals surface area contributed by atoms with Crippen LogP contribution in [0.5, 0.6) is 0 Å². The Morgan fingerprint density at radius 3 is 2.77 bits per heavy atom. The molecule has 72 valence electrons. The molecule has 1 heterocycles. The maximum Gasteiger partial charge on any atom is 0.326 e. The van der Waals surface area contributed by atoms with E-state index in [1.54, 1.807) is 6.92 Å². The quantitative estimate of drug-likeness (QED) is 0.451. The van der Waals surface area contributed by atoms with Gasteiger partial charge in [-0.2, -0.15) is 0 Å². The highest BCUT2D eigenvalue weighted by Crippen LogP contribution is 2.04. The smallest absolute Gasteiger partial charge is 0.326 e. The molecule has 0 aliphatic heterocycles. The third kappa shape index (κ3) is 2.71. The number of ether oxygens (including phenoxy) is 1. The van der Waals surface area contributed by atoms with Crippen molar-refractivity contribution in [2.24, 2.45) is 0 Å². The van der Waals surface area contributed by atoms with Gasteiger partial charge in [-0.25, -0.2) is 0 Å². The Morgan fingerprint density at radius 1 is 1.62 bits per heavy atom. The molecule has 0 fully saturated rings. The number of hydrogen-bond donors (Lipinski definition) is 0. The molecule has 0 aliphatic carbocycles. The largest absolute Gasteiger partial charge is 0.465 e. The van der Waals surface area contributed by atoms with Gasteiger partial charge in [0.15, 0.2) is 3.95 Å². The van der Waals surface area contributed by atoms with Crippen LogP contribution < -0.4 is 4.87 Å². The summed E-state index contributed by atoms with van der Waals surface area (Å²) in [5, 5.41) is 0. The molecule has 0 spiro atoms. The molecule has 0 aliphatic rings. The maximum atomic E-state index is 11.1. The zero-order chi connectivity index (χ0) is 9.84. The van der Waals surface area contributed by atoms with E-state index in [1.165, 1.54) is 14.9 Å². The summed E-state index contributed by atoms with van der Waals surface area (Å²) >= 11 is 4.86. The van der Waals surface area contributed by atoms with Crippen LogP contribution in [-0.2, 0) is 16.1 Å². The third-order valence-corrected chi connectivity index (χ3v) is 3.97. The number of nitrogens with zero attached hydrogens (tertiary/aromatic N) is 1. The first-order valence-electron chi connectivity index (χ1n) is 3.50. The molecular weight excluding hydrogens is 230 g/mol. The normalized spacial score (nSPS) is 9.92. The molecule has 0 unspecified atom stereocenters. The van der Waals surface area contributed by atoms with Crippen molar-refractivity contribution < 1.29 is 9.53 Å². The highest BCUT2D eigenvalue weighted by Gasteiger charge is 2.07. The van der Waals surface area contributed by atoms with Crippen LogP contribution in [0.3, 0.4) is 0 Å². The fourth-order valence-corrected chi connectivity index (χ4v) is 2.86. The van der Waals surface area contributed by atoms with Crippen LogP contribution in [0, 0.1) is 3.95 Å². The molecule has 0 radical (unpaired) electrons. The Hall–Kier alpha value is -0.530. The summed E-state index contributed by atoms with van der Waals surface area (Å²) in [7, 11) is 2.22. The summed E-state index contributed by atoms with van der Waals surface area (Å²) in [6, 6.07) is 0. The summed E-state index contributed by atoms with van der Waals surface area (Å²) in [4.78, 5) is 21.9. The van der Waals surface area contributed by atoms with Crippen LogP contribution in [0.2, 0.25) is 0 Å². The molecule has 0 bridgehead atoms. The lowest BCUT2D eigenvalue weighted by Crippen LogP contribution is -2.20. The summed E-state index contributed by atoms with van der Waals surface area (Å²) in [6.07, 6.45) is 0. The molecule has 4 nitrogen and oxygen atoms in total. The summed E-state index contributed by atoms with van der Waals surface area (Å²) in [6.45, 7) is 1.95. The topological polar surface area (TPSA) is 48.3 Å². The van der Waals surface area contributed by atoms with E-state index in [0.29, 0.717) is 10.6 Å². The number of carbonyl (C=O) groups excluding carboxylic acids is 1. The minimum Gasteiger partial charge on any atom is -0.465 e. The first-order chi connectivity index (χ1) is 6.15. The van der Waals surface area contributed by atoms with E-state index in [9.17, 15) is 9.59 Å². The van der Waals surface area contributed by atoms with Crippen molar-refractivity contribution >= 4 is 38.9 Å². The summed E-state index contributed by atoms with van der Waals surface area (Å²) in [5.74, 6) is -0.429. The van der Waals surface area contributed by atoms with E-state index < -0.39 is 5.97 Å². The molecular formula is C6H7NO3S3. The van der Waals surface area contributed by atoms with Gasteiger partial charge in [0.05, 0.1) is 6.61 Å². The SMILES string of the molecule is CCOC(=O)Cn1c(=O)ssc1=S. The van der Waals surface area contributed by atoms with E-state index in [0.717, 1.165) is 10.3 Å². The molecule has 13 heavy (non-hydrogen) atoms. The molecule has 7 heteroatoms. The minimum absolute atomic E-state index is 0.0779. The van der Waals surface area contributed by atoms with Gasteiger partial charge in [0.1, 0.15) is 6.54 Å². The lowest BCUT2D eigenvalue weighted by Gasteiger charge is -2.00. The van der Waals surface area contributed by atoms with E-state index in [2.05, 4.69) is 4.74 Å². The van der Waals surface area contributed by atoms with Gasteiger partial charge in [-0.15, -0.1) is 0 Å². The second-order valence-corrected chi connectivity index (χ2v) is 4.80. The highest BCUT2D eigenvalue weighted by molar-refractivity contribution is 7.79.